The maximum Gasteiger partial charge on any atom is 0.164 e. The molecule has 1 aromatic rings. The largest absolute Gasteiger partial charge is 0.313 e. The summed E-state index contributed by atoms with van der Waals surface area (Å²) in [5.41, 5.74) is 0.830. The minimum atomic E-state index is 0.248. The molecule has 2 nitrogen and oxygen atoms in total. The maximum atomic E-state index is 11.6. The van der Waals surface area contributed by atoms with Crippen molar-refractivity contribution >= 4 is 5.78 Å². The van der Waals surface area contributed by atoms with Gasteiger partial charge in [0.05, 0.1) is 0 Å². The van der Waals surface area contributed by atoms with Gasteiger partial charge in [-0.3, -0.25) is 4.79 Å². The lowest BCUT2D eigenvalue weighted by atomic mass is 9.97. The quantitative estimate of drug-likeness (QED) is 0.707. The van der Waals surface area contributed by atoms with Crippen molar-refractivity contribution in [2.45, 2.75) is 18.9 Å². The number of benzene rings is 1. The lowest BCUT2D eigenvalue weighted by molar-refractivity contribution is 0.0956. The SMILES string of the molecule is O=C(CC1CCN1)c1ccccc1. The van der Waals surface area contributed by atoms with Crippen LogP contribution in [0.4, 0.5) is 0 Å². The van der Waals surface area contributed by atoms with Gasteiger partial charge >= 0.3 is 0 Å². The summed E-state index contributed by atoms with van der Waals surface area (Å²) in [5, 5.41) is 3.23. The minimum absolute atomic E-state index is 0.248. The van der Waals surface area contributed by atoms with Gasteiger partial charge in [-0.1, -0.05) is 30.3 Å². The first-order valence-corrected chi connectivity index (χ1v) is 4.68. The van der Waals surface area contributed by atoms with Gasteiger partial charge in [0, 0.05) is 18.0 Å². The number of nitrogens with one attached hydrogen (secondary N) is 1. The van der Waals surface area contributed by atoms with E-state index in [-0.39, 0.29) is 5.78 Å². The summed E-state index contributed by atoms with van der Waals surface area (Å²) in [5.74, 6) is 0.248. The van der Waals surface area contributed by atoms with Crippen LogP contribution in [0.25, 0.3) is 0 Å². The van der Waals surface area contributed by atoms with Crippen LogP contribution in [0.5, 0.6) is 0 Å². The molecule has 0 bridgehead atoms. The highest BCUT2D eigenvalue weighted by atomic mass is 16.1. The van der Waals surface area contributed by atoms with Gasteiger partial charge in [0.1, 0.15) is 0 Å². The van der Waals surface area contributed by atoms with E-state index in [9.17, 15) is 4.79 Å². The van der Waals surface area contributed by atoms with Crippen LogP contribution in [0.2, 0.25) is 0 Å². The number of Topliss-reactive ketones (excluding diaryl/α,β-unsaturated/α-hetero) is 1. The molecule has 1 fully saturated rings. The average Bonchev–Trinajstić information content (AvgIpc) is 2.12. The van der Waals surface area contributed by atoms with E-state index >= 15 is 0 Å². The molecule has 0 aromatic heterocycles. The lowest BCUT2D eigenvalue weighted by Gasteiger charge is -2.26. The van der Waals surface area contributed by atoms with Crippen molar-refractivity contribution in [3.05, 3.63) is 35.9 Å². The van der Waals surface area contributed by atoms with Crippen LogP contribution < -0.4 is 5.32 Å². The number of carbonyl (C=O) groups excluding carboxylic acids is 1. The Labute approximate surface area is 78.0 Å². The van der Waals surface area contributed by atoms with Crippen LogP contribution in [-0.2, 0) is 0 Å². The van der Waals surface area contributed by atoms with Crippen molar-refractivity contribution in [3.63, 3.8) is 0 Å². The molecule has 68 valence electrons. The summed E-state index contributed by atoms with van der Waals surface area (Å²) in [6, 6.07) is 9.91. The second kappa shape index (κ2) is 3.71. The molecule has 13 heavy (non-hydrogen) atoms. The molecule has 1 unspecified atom stereocenters. The van der Waals surface area contributed by atoms with Crippen LogP contribution in [0.15, 0.2) is 30.3 Å². The second-order valence-corrected chi connectivity index (χ2v) is 3.43. The molecule has 0 radical (unpaired) electrons. The molecule has 1 aliphatic heterocycles. The molecule has 1 aliphatic rings. The lowest BCUT2D eigenvalue weighted by Crippen LogP contribution is -2.44. The molecule has 2 heteroatoms. The summed E-state index contributed by atoms with van der Waals surface area (Å²) in [4.78, 5) is 11.6. The highest BCUT2D eigenvalue weighted by molar-refractivity contribution is 5.96. The maximum absolute atomic E-state index is 11.6. The van der Waals surface area contributed by atoms with Crippen molar-refractivity contribution in [1.82, 2.24) is 5.32 Å². The number of ketones is 1. The zero-order valence-electron chi connectivity index (χ0n) is 7.49. The Morgan fingerprint density at radius 1 is 1.38 bits per heavy atom. The number of hydrogen-bond acceptors (Lipinski definition) is 2. The van der Waals surface area contributed by atoms with Gasteiger partial charge in [-0.2, -0.15) is 0 Å². The highest BCUT2D eigenvalue weighted by Crippen LogP contribution is 2.11. The fraction of sp³-hybridized carbons (Fsp3) is 0.364. The summed E-state index contributed by atoms with van der Waals surface area (Å²) < 4.78 is 0. The molecule has 1 aromatic carbocycles. The highest BCUT2D eigenvalue weighted by Gasteiger charge is 2.19. The first-order valence-electron chi connectivity index (χ1n) is 4.68. The van der Waals surface area contributed by atoms with E-state index in [1.165, 1.54) is 0 Å². The van der Waals surface area contributed by atoms with Gasteiger partial charge in [0.25, 0.3) is 0 Å². The zero-order valence-corrected chi connectivity index (χ0v) is 7.49. The van der Waals surface area contributed by atoms with E-state index in [2.05, 4.69) is 5.32 Å². The van der Waals surface area contributed by atoms with E-state index in [1.54, 1.807) is 0 Å². The normalized spacial score (nSPS) is 20.8. The number of hydrogen-bond donors (Lipinski definition) is 1. The van der Waals surface area contributed by atoms with Gasteiger partial charge in [0.2, 0.25) is 0 Å². The van der Waals surface area contributed by atoms with E-state index in [0.29, 0.717) is 12.5 Å². The Kier molecular flexibility index (Phi) is 2.41. The summed E-state index contributed by atoms with van der Waals surface area (Å²) in [6.45, 7) is 1.06. The van der Waals surface area contributed by atoms with Crippen LogP contribution in [0.3, 0.4) is 0 Å². The predicted octanol–water partition coefficient (Wildman–Crippen LogP) is 1.62. The smallest absolute Gasteiger partial charge is 0.164 e. The minimum Gasteiger partial charge on any atom is -0.313 e. The summed E-state index contributed by atoms with van der Waals surface area (Å²) >= 11 is 0. The topological polar surface area (TPSA) is 29.1 Å². The van der Waals surface area contributed by atoms with E-state index < -0.39 is 0 Å². The Morgan fingerprint density at radius 2 is 2.08 bits per heavy atom. The monoisotopic (exact) mass is 175 g/mol. The van der Waals surface area contributed by atoms with Gasteiger partial charge in [-0.25, -0.2) is 0 Å². The van der Waals surface area contributed by atoms with Crippen molar-refractivity contribution in [2.24, 2.45) is 0 Å². The molecule has 1 heterocycles. The standard InChI is InChI=1S/C11H13NO/c13-11(8-10-6-7-12-10)9-4-2-1-3-5-9/h1-5,10,12H,6-8H2. The average molecular weight is 175 g/mol. The zero-order chi connectivity index (χ0) is 9.10. The summed E-state index contributed by atoms with van der Waals surface area (Å²) in [6.07, 6.45) is 1.78. The van der Waals surface area contributed by atoms with Crippen molar-refractivity contribution < 1.29 is 4.79 Å². The predicted molar refractivity (Wildman–Crippen MR) is 51.8 cm³/mol. The van der Waals surface area contributed by atoms with Gasteiger partial charge < -0.3 is 5.32 Å². The van der Waals surface area contributed by atoms with E-state index in [0.717, 1.165) is 18.5 Å². The first-order chi connectivity index (χ1) is 6.36. The fourth-order valence-corrected chi connectivity index (χ4v) is 1.49. The molecule has 1 N–H and O–H groups in total. The summed E-state index contributed by atoms with van der Waals surface area (Å²) in [7, 11) is 0. The van der Waals surface area contributed by atoms with Crippen LogP contribution >= 0.6 is 0 Å². The Hall–Kier alpha value is -1.15. The first kappa shape index (κ1) is 8.45. The van der Waals surface area contributed by atoms with Crippen molar-refractivity contribution in [3.8, 4) is 0 Å². The van der Waals surface area contributed by atoms with E-state index in [1.807, 2.05) is 30.3 Å². The molecule has 0 amide bonds. The van der Waals surface area contributed by atoms with Crippen LogP contribution in [0, 0.1) is 0 Å². The molecule has 0 saturated carbocycles. The van der Waals surface area contributed by atoms with Crippen molar-refractivity contribution in [1.29, 1.82) is 0 Å². The second-order valence-electron chi connectivity index (χ2n) is 3.43. The molecule has 1 atom stereocenters. The molecule has 0 spiro atoms. The van der Waals surface area contributed by atoms with Gasteiger partial charge in [-0.15, -0.1) is 0 Å². The van der Waals surface area contributed by atoms with Crippen LogP contribution in [0.1, 0.15) is 23.2 Å². The third-order valence-corrected chi connectivity index (χ3v) is 2.45. The third kappa shape index (κ3) is 1.95. The van der Waals surface area contributed by atoms with Gasteiger partial charge in [-0.05, 0) is 13.0 Å². The fourth-order valence-electron chi connectivity index (χ4n) is 1.49. The Balaban J connectivity index is 1.97. The third-order valence-electron chi connectivity index (χ3n) is 2.45. The Bertz CT molecular complexity index is 290. The van der Waals surface area contributed by atoms with E-state index in [4.69, 9.17) is 0 Å². The molecular weight excluding hydrogens is 162 g/mol. The Morgan fingerprint density at radius 3 is 2.62 bits per heavy atom. The number of carbonyl (C=O) groups is 1. The van der Waals surface area contributed by atoms with Crippen LogP contribution in [-0.4, -0.2) is 18.4 Å². The molecular formula is C11H13NO. The molecule has 2 rings (SSSR count). The molecule has 1 saturated heterocycles. The molecule has 0 aliphatic carbocycles. The van der Waals surface area contributed by atoms with Crippen molar-refractivity contribution in [2.75, 3.05) is 6.54 Å². The number of rotatable bonds is 3. The van der Waals surface area contributed by atoms with Gasteiger partial charge in [0.15, 0.2) is 5.78 Å².